The quantitative estimate of drug-likeness (QED) is 0.577. The molecule has 1 aromatic heterocycles. The van der Waals surface area contributed by atoms with Gasteiger partial charge in [-0.3, -0.25) is 14.4 Å². The molecule has 0 N–H and O–H groups in total. The number of aromatic nitrogens is 1. The van der Waals surface area contributed by atoms with E-state index >= 15 is 0 Å². The van der Waals surface area contributed by atoms with Gasteiger partial charge in [0.25, 0.3) is 5.91 Å². The topological polar surface area (TPSA) is 115 Å². The lowest BCUT2D eigenvalue weighted by atomic mass is 10.0. The number of fused-ring (bicyclic) bond motifs is 1. The second-order valence-corrected chi connectivity index (χ2v) is 11.1. The average molecular weight is 482 g/mol. The third-order valence-corrected chi connectivity index (χ3v) is 7.80. The van der Waals surface area contributed by atoms with E-state index in [9.17, 15) is 22.8 Å². The van der Waals surface area contributed by atoms with Gasteiger partial charge in [0.15, 0.2) is 14.6 Å². The molecule has 9 nitrogen and oxygen atoms in total. The highest BCUT2D eigenvalue weighted by atomic mass is 32.2. The Hall–Kier alpha value is -2.53. The molecular weight excluding hydrogens is 454 g/mol. The molecule has 32 heavy (non-hydrogen) atoms. The Morgan fingerprint density at radius 3 is 2.66 bits per heavy atom. The van der Waals surface area contributed by atoms with Crippen molar-refractivity contribution < 1.29 is 27.5 Å². The molecule has 0 aliphatic carbocycles. The number of nitrogens with zero attached hydrogens (tertiary/aromatic N) is 3. The summed E-state index contributed by atoms with van der Waals surface area (Å²) in [5.41, 5.74) is 1.68. The Kier molecular flexibility index (Phi) is 7.50. The van der Waals surface area contributed by atoms with Crippen molar-refractivity contribution in [2.24, 2.45) is 4.99 Å². The molecule has 2 aromatic rings. The van der Waals surface area contributed by atoms with Crippen LogP contribution in [0.1, 0.15) is 31.7 Å². The first kappa shape index (κ1) is 24.1. The molecular formula is C21H27N3O6S2. The largest absolute Gasteiger partial charge is 0.468 e. The van der Waals surface area contributed by atoms with Crippen molar-refractivity contribution in [3.63, 3.8) is 0 Å². The van der Waals surface area contributed by atoms with Crippen LogP contribution in [0.25, 0.3) is 10.2 Å². The van der Waals surface area contributed by atoms with Gasteiger partial charge in [-0.15, -0.1) is 0 Å². The number of methoxy groups -OCH3 is 1. The summed E-state index contributed by atoms with van der Waals surface area (Å²) < 4.78 is 32.1. The second kappa shape index (κ2) is 9.95. The Balaban J connectivity index is 1.83. The maximum atomic E-state index is 12.5. The Labute approximate surface area is 190 Å². The van der Waals surface area contributed by atoms with E-state index in [0.717, 1.165) is 29.5 Å². The second-order valence-electron chi connectivity index (χ2n) is 7.99. The van der Waals surface area contributed by atoms with Crippen LogP contribution in [-0.4, -0.2) is 66.9 Å². The van der Waals surface area contributed by atoms with Gasteiger partial charge < -0.3 is 14.2 Å². The van der Waals surface area contributed by atoms with E-state index in [2.05, 4.69) is 4.99 Å². The molecule has 2 heterocycles. The van der Waals surface area contributed by atoms with Crippen LogP contribution < -0.4 is 4.80 Å². The fraction of sp³-hybridized carbons (Fsp3) is 0.524. The maximum Gasteiger partial charge on any atom is 0.325 e. The Bertz CT molecular complexity index is 1210. The number of carbonyl (C=O) groups excluding carboxylic acids is 3. The number of aryl methyl sites for hydroxylation is 1. The molecule has 1 aliphatic rings. The molecule has 1 fully saturated rings. The maximum absolute atomic E-state index is 12.5. The zero-order chi connectivity index (χ0) is 23.5. The molecule has 0 radical (unpaired) electrons. The summed E-state index contributed by atoms with van der Waals surface area (Å²) in [4.78, 5) is 42.6. The van der Waals surface area contributed by atoms with Crippen LogP contribution in [0.2, 0.25) is 0 Å². The Morgan fingerprint density at radius 2 is 1.97 bits per heavy atom. The lowest BCUT2D eigenvalue weighted by Crippen LogP contribution is -2.45. The van der Waals surface area contributed by atoms with Gasteiger partial charge in [0.2, 0.25) is 5.91 Å². The van der Waals surface area contributed by atoms with Gasteiger partial charge in [-0.25, -0.2) is 8.42 Å². The predicted molar refractivity (Wildman–Crippen MR) is 121 cm³/mol. The van der Waals surface area contributed by atoms with E-state index < -0.39 is 39.1 Å². The lowest BCUT2D eigenvalue weighted by Gasteiger charge is -2.33. The molecule has 174 valence electrons. The highest BCUT2D eigenvalue weighted by Gasteiger charge is 2.28. The number of hydrogen-bond acceptors (Lipinski definition) is 7. The van der Waals surface area contributed by atoms with E-state index in [1.165, 1.54) is 23.0 Å². The highest BCUT2D eigenvalue weighted by Crippen LogP contribution is 2.19. The summed E-state index contributed by atoms with van der Waals surface area (Å²) in [6, 6.07) is 5.56. The van der Waals surface area contributed by atoms with Crippen molar-refractivity contribution in [1.29, 1.82) is 0 Å². The van der Waals surface area contributed by atoms with Gasteiger partial charge in [-0.2, -0.15) is 4.99 Å². The standard InChI is InChI=1S/C21H27N3O6S2/c1-14-7-8-16-17(10-14)31-21(24(16)11-20(27)30-3)22-18(25)12-32(28,29)13-19(26)23-9-5-4-6-15(23)2/h7-8,10,15H,4-6,9,11-13H2,1-3H3. The third kappa shape index (κ3) is 5.83. The number of ether oxygens (including phenoxy) is 1. The van der Waals surface area contributed by atoms with Crippen molar-refractivity contribution in [1.82, 2.24) is 9.47 Å². The van der Waals surface area contributed by atoms with E-state index in [-0.39, 0.29) is 17.4 Å². The van der Waals surface area contributed by atoms with E-state index in [0.29, 0.717) is 12.1 Å². The summed E-state index contributed by atoms with van der Waals surface area (Å²) in [6.45, 7) is 4.18. The molecule has 1 atom stereocenters. The summed E-state index contributed by atoms with van der Waals surface area (Å²) >= 11 is 1.18. The molecule has 0 bridgehead atoms. The van der Waals surface area contributed by atoms with Crippen LogP contribution in [0.3, 0.4) is 0 Å². The van der Waals surface area contributed by atoms with Gasteiger partial charge in [-0.05, 0) is 50.8 Å². The van der Waals surface area contributed by atoms with Crippen LogP contribution in [0, 0.1) is 6.92 Å². The van der Waals surface area contributed by atoms with Gasteiger partial charge in [-0.1, -0.05) is 17.4 Å². The lowest BCUT2D eigenvalue weighted by molar-refractivity contribution is -0.141. The normalized spacial score (nSPS) is 17.5. The van der Waals surface area contributed by atoms with Crippen molar-refractivity contribution in [2.45, 2.75) is 45.7 Å². The molecule has 1 aromatic carbocycles. The molecule has 1 aliphatic heterocycles. The summed E-state index contributed by atoms with van der Waals surface area (Å²) in [6.07, 6.45) is 2.69. The zero-order valence-electron chi connectivity index (χ0n) is 18.4. The van der Waals surface area contributed by atoms with Crippen LogP contribution in [0.5, 0.6) is 0 Å². The van der Waals surface area contributed by atoms with E-state index in [1.807, 2.05) is 32.0 Å². The van der Waals surface area contributed by atoms with Gasteiger partial charge in [0.05, 0.1) is 17.3 Å². The van der Waals surface area contributed by atoms with Gasteiger partial charge in [0.1, 0.15) is 18.1 Å². The van der Waals surface area contributed by atoms with Gasteiger partial charge >= 0.3 is 5.97 Å². The molecule has 1 unspecified atom stereocenters. The van der Waals surface area contributed by atoms with Crippen LogP contribution >= 0.6 is 11.3 Å². The number of amides is 2. The molecule has 3 rings (SSSR count). The van der Waals surface area contributed by atoms with Gasteiger partial charge in [0, 0.05) is 12.6 Å². The third-order valence-electron chi connectivity index (χ3n) is 5.38. The SMILES string of the molecule is COC(=O)Cn1c(=NC(=O)CS(=O)(=O)CC(=O)N2CCCCC2C)sc2cc(C)ccc21. The number of esters is 1. The smallest absolute Gasteiger partial charge is 0.325 e. The molecule has 0 saturated carbocycles. The van der Waals surface area contributed by atoms with Crippen molar-refractivity contribution >= 4 is 49.2 Å². The van der Waals surface area contributed by atoms with Crippen LogP contribution in [0.4, 0.5) is 0 Å². The molecule has 2 amide bonds. The zero-order valence-corrected chi connectivity index (χ0v) is 20.0. The molecule has 0 spiro atoms. The first-order valence-electron chi connectivity index (χ1n) is 10.3. The van der Waals surface area contributed by atoms with Crippen molar-refractivity contribution in [3.05, 3.63) is 28.6 Å². The number of piperidine rings is 1. The number of likely N-dealkylation sites (tertiary alicyclic amines) is 1. The fourth-order valence-corrected chi connectivity index (χ4v) is 5.96. The highest BCUT2D eigenvalue weighted by molar-refractivity contribution is 7.92. The molecule has 11 heteroatoms. The number of carbonyl (C=O) groups is 3. The van der Waals surface area contributed by atoms with Crippen LogP contribution in [-0.2, 0) is 35.5 Å². The number of hydrogen-bond donors (Lipinski definition) is 0. The molecule has 1 saturated heterocycles. The minimum absolute atomic E-state index is 0.00822. The van der Waals surface area contributed by atoms with E-state index in [1.54, 1.807) is 4.90 Å². The summed E-state index contributed by atoms with van der Waals surface area (Å²) in [5, 5.41) is 0. The monoisotopic (exact) mass is 481 g/mol. The van der Waals surface area contributed by atoms with Crippen LogP contribution in [0.15, 0.2) is 23.2 Å². The number of benzene rings is 1. The minimum Gasteiger partial charge on any atom is -0.468 e. The Morgan fingerprint density at radius 1 is 1.22 bits per heavy atom. The number of rotatable bonds is 6. The summed E-state index contributed by atoms with van der Waals surface area (Å²) in [5.74, 6) is -3.47. The summed E-state index contributed by atoms with van der Waals surface area (Å²) in [7, 11) is -2.72. The number of sulfone groups is 1. The predicted octanol–water partition coefficient (Wildman–Crippen LogP) is 1.43. The van der Waals surface area contributed by atoms with E-state index in [4.69, 9.17) is 4.74 Å². The minimum atomic E-state index is -3.98. The fourth-order valence-electron chi connectivity index (χ4n) is 3.73. The van der Waals surface area contributed by atoms with Crippen molar-refractivity contribution in [3.8, 4) is 0 Å². The van der Waals surface area contributed by atoms with Crippen molar-refractivity contribution in [2.75, 3.05) is 25.2 Å². The number of thiazole rings is 1. The first-order chi connectivity index (χ1) is 15.1. The average Bonchev–Trinajstić information content (AvgIpc) is 3.02. The first-order valence-corrected chi connectivity index (χ1v) is 13.0.